The van der Waals surface area contributed by atoms with E-state index in [1.807, 2.05) is 7.05 Å². The van der Waals surface area contributed by atoms with E-state index in [4.69, 9.17) is 9.84 Å². The van der Waals surface area contributed by atoms with E-state index >= 15 is 0 Å². The predicted octanol–water partition coefficient (Wildman–Crippen LogP) is 1.40. The van der Waals surface area contributed by atoms with Crippen LogP contribution in [0.15, 0.2) is 24.5 Å². The van der Waals surface area contributed by atoms with Crippen molar-refractivity contribution in [3.05, 3.63) is 41.5 Å². The highest BCUT2D eigenvalue weighted by Crippen LogP contribution is 2.20. The molecule has 1 heterocycles. The molecule has 2 rings (SSSR count). The number of benzene rings is 1. The number of aromatic nitrogens is 3. The molecule has 0 saturated heterocycles. The smallest absolute Gasteiger partial charge is 0.335 e. The summed E-state index contributed by atoms with van der Waals surface area (Å²) in [6, 6.07) is 4.74. The van der Waals surface area contributed by atoms with Crippen molar-refractivity contribution >= 4 is 5.97 Å². The minimum atomic E-state index is -0.946. The summed E-state index contributed by atoms with van der Waals surface area (Å²) >= 11 is 0. The van der Waals surface area contributed by atoms with Crippen molar-refractivity contribution in [3.63, 3.8) is 0 Å². The van der Waals surface area contributed by atoms with Gasteiger partial charge in [-0.3, -0.25) is 0 Å². The first kappa shape index (κ1) is 12.1. The molecule has 0 bridgehead atoms. The molecular weight excluding hydrogens is 234 g/mol. The maximum Gasteiger partial charge on any atom is 0.335 e. The maximum absolute atomic E-state index is 10.8. The van der Waals surface area contributed by atoms with Gasteiger partial charge in [-0.2, -0.15) is 0 Å². The molecule has 0 aliphatic heterocycles. The predicted molar refractivity (Wildman–Crippen MR) is 63.5 cm³/mol. The van der Waals surface area contributed by atoms with Crippen LogP contribution in [0.3, 0.4) is 0 Å². The van der Waals surface area contributed by atoms with Crippen molar-refractivity contribution in [1.29, 1.82) is 0 Å². The summed E-state index contributed by atoms with van der Waals surface area (Å²) in [7, 11) is 1.83. The molecule has 0 aliphatic rings. The van der Waals surface area contributed by atoms with Crippen molar-refractivity contribution in [1.82, 2.24) is 14.8 Å². The zero-order valence-electron chi connectivity index (χ0n) is 10.1. The number of carboxylic acids is 1. The molecule has 2 aromatic rings. The van der Waals surface area contributed by atoms with Gasteiger partial charge in [0.1, 0.15) is 18.7 Å². The van der Waals surface area contributed by atoms with Crippen molar-refractivity contribution in [2.24, 2.45) is 7.05 Å². The van der Waals surface area contributed by atoms with Crippen LogP contribution in [0.1, 0.15) is 21.7 Å². The standard InChI is InChI=1S/C12H13N3O3/c1-8-5-9(12(16)17)3-4-10(8)18-6-11-14-13-7-15(11)2/h3-5,7H,6H2,1-2H3,(H,16,17). The van der Waals surface area contributed by atoms with E-state index in [2.05, 4.69) is 10.2 Å². The molecule has 1 aromatic carbocycles. The molecule has 1 N–H and O–H groups in total. The average molecular weight is 247 g/mol. The monoisotopic (exact) mass is 247 g/mol. The molecular formula is C12H13N3O3. The largest absolute Gasteiger partial charge is 0.485 e. The number of carboxylic acid groups (broad SMARTS) is 1. The molecule has 0 unspecified atom stereocenters. The molecule has 1 aromatic heterocycles. The minimum Gasteiger partial charge on any atom is -0.485 e. The Hall–Kier alpha value is -2.37. The highest BCUT2D eigenvalue weighted by Gasteiger charge is 2.08. The van der Waals surface area contributed by atoms with Gasteiger partial charge in [0, 0.05) is 7.05 Å². The first-order valence-electron chi connectivity index (χ1n) is 5.37. The third kappa shape index (κ3) is 2.48. The van der Waals surface area contributed by atoms with Gasteiger partial charge < -0.3 is 14.4 Å². The van der Waals surface area contributed by atoms with Gasteiger partial charge in [0.15, 0.2) is 5.82 Å². The lowest BCUT2D eigenvalue weighted by molar-refractivity contribution is 0.0696. The summed E-state index contributed by atoms with van der Waals surface area (Å²) in [4.78, 5) is 10.8. The molecule has 0 amide bonds. The van der Waals surface area contributed by atoms with E-state index in [9.17, 15) is 4.79 Å². The fourth-order valence-electron chi connectivity index (χ4n) is 1.52. The van der Waals surface area contributed by atoms with Crippen LogP contribution < -0.4 is 4.74 Å². The molecule has 0 atom stereocenters. The summed E-state index contributed by atoms with van der Waals surface area (Å²) < 4.78 is 7.35. The van der Waals surface area contributed by atoms with Crippen molar-refractivity contribution in [3.8, 4) is 5.75 Å². The molecule has 0 saturated carbocycles. The molecule has 94 valence electrons. The topological polar surface area (TPSA) is 77.2 Å². The van der Waals surface area contributed by atoms with E-state index in [0.717, 1.165) is 5.56 Å². The lowest BCUT2D eigenvalue weighted by Gasteiger charge is -2.09. The summed E-state index contributed by atoms with van der Waals surface area (Å²) in [6.45, 7) is 2.10. The normalized spacial score (nSPS) is 10.3. The van der Waals surface area contributed by atoms with Gasteiger partial charge >= 0.3 is 5.97 Å². The second-order valence-corrected chi connectivity index (χ2v) is 3.93. The van der Waals surface area contributed by atoms with Crippen LogP contribution in [0.4, 0.5) is 0 Å². The van der Waals surface area contributed by atoms with E-state index in [-0.39, 0.29) is 5.56 Å². The van der Waals surface area contributed by atoms with Gasteiger partial charge in [0.05, 0.1) is 5.56 Å². The molecule has 0 aliphatic carbocycles. The highest BCUT2D eigenvalue weighted by atomic mass is 16.5. The number of rotatable bonds is 4. The molecule has 6 nitrogen and oxygen atoms in total. The third-order valence-corrected chi connectivity index (χ3v) is 2.58. The Morgan fingerprint density at radius 1 is 1.50 bits per heavy atom. The molecule has 18 heavy (non-hydrogen) atoms. The Bertz CT molecular complexity index is 578. The Morgan fingerprint density at radius 2 is 2.28 bits per heavy atom. The third-order valence-electron chi connectivity index (χ3n) is 2.58. The number of hydrogen-bond acceptors (Lipinski definition) is 4. The van der Waals surface area contributed by atoms with Gasteiger partial charge in [-0.25, -0.2) is 4.79 Å². The summed E-state index contributed by atoms with van der Waals surface area (Å²) in [6.07, 6.45) is 1.60. The van der Waals surface area contributed by atoms with Crippen molar-refractivity contribution < 1.29 is 14.6 Å². The number of hydrogen-bond donors (Lipinski definition) is 1. The lowest BCUT2D eigenvalue weighted by Crippen LogP contribution is -2.04. The van der Waals surface area contributed by atoms with E-state index in [1.165, 1.54) is 6.07 Å². The number of carbonyl (C=O) groups is 1. The van der Waals surface area contributed by atoms with Crippen LogP contribution in [-0.4, -0.2) is 25.8 Å². The molecule has 0 spiro atoms. The first-order chi connectivity index (χ1) is 8.58. The summed E-state index contributed by atoms with van der Waals surface area (Å²) in [5.41, 5.74) is 1.02. The van der Waals surface area contributed by atoms with Crippen LogP contribution in [-0.2, 0) is 13.7 Å². The Kier molecular flexibility index (Phi) is 3.27. The number of ether oxygens (including phenoxy) is 1. The zero-order valence-corrected chi connectivity index (χ0v) is 10.1. The van der Waals surface area contributed by atoms with Gasteiger partial charge in [0.2, 0.25) is 0 Å². The molecule has 0 fully saturated rings. The highest BCUT2D eigenvalue weighted by molar-refractivity contribution is 5.88. The Morgan fingerprint density at radius 3 is 2.83 bits per heavy atom. The maximum atomic E-state index is 10.8. The quantitative estimate of drug-likeness (QED) is 0.883. The Labute approximate surface area is 104 Å². The zero-order chi connectivity index (χ0) is 13.1. The van der Waals surface area contributed by atoms with Crippen molar-refractivity contribution in [2.75, 3.05) is 0 Å². The first-order valence-corrected chi connectivity index (χ1v) is 5.37. The van der Waals surface area contributed by atoms with E-state index in [1.54, 1.807) is 30.0 Å². The van der Waals surface area contributed by atoms with Crippen LogP contribution in [0.25, 0.3) is 0 Å². The lowest BCUT2D eigenvalue weighted by atomic mass is 10.1. The van der Waals surface area contributed by atoms with Gasteiger partial charge in [-0.05, 0) is 30.7 Å². The number of aromatic carboxylic acids is 1. The van der Waals surface area contributed by atoms with Gasteiger partial charge in [0.25, 0.3) is 0 Å². The summed E-state index contributed by atoms with van der Waals surface area (Å²) in [5, 5.41) is 16.5. The number of aryl methyl sites for hydroxylation is 2. The average Bonchev–Trinajstić information content (AvgIpc) is 2.73. The minimum absolute atomic E-state index is 0.249. The number of nitrogens with zero attached hydrogens (tertiary/aromatic N) is 3. The molecule has 6 heteroatoms. The fourth-order valence-corrected chi connectivity index (χ4v) is 1.52. The second-order valence-electron chi connectivity index (χ2n) is 3.93. The summed E-state index contributed by atoms with van der Waals surface area (Å²) in [5.74, 6) is 0.401. The van der Waals surface area contributed by atoms with Gasteiger partial charge in [-0.1, -0.05) is 0 Å². The van der Waals surface area contributed by atoms with Crippen LogP contribution in [0.2, 0.25) is 0 Å². The van der Waals surface area contributed by atoms with Gasteiger partial charge in [-0.15, -0.1) is 10.2 Å². The van der Waals surface area contributed by atoms with E-state index < -0.39 is 5.97 Å². The molecule has 0 radical (unpaired) electrons. The van der Waals surface area contributed by atoms with Crippen LogP contribution in [0.5, 0.6) is 5.75 Å². The van der Waals surface area contributed by atoms with E-state index in [0.29, 0.717) is 18.2 Å². The Balaban J connectivity index is 2.11. The SMILES string of the molecule is Cc1cc(C(=O)O)ccc1OCc1nncn1C. The van der Waals surface area contributed by atoms with Crippen LogP contribution >= 0.6 is 0 Å². The van der Waals surface area contributed by atoms with Crippen molar-refractivity contribution in [2.45, 2.75) is 13.5 Å². The second kappa shape index (κ2) is 4.87. The fraction of sp³-hybridized carbons (Fsp3) is 0.250. The van der Waals surface area contributed by atoms with Crippen LogP contribution in [0, 0.1) is 6.92 Å².